The van der Waals surface area contributed by atoms with Crippen molar-refractivity contribution < 1.29 is 14.3 Å². The van der Waals surface area contributed by atoms with E-state index in [4.69, 9.17) is 40.2 Å². The molecule has 0 aromatic heterocycles. The van der Waals surface area contributed by atoms with Gasteiger partial charge < -0.3 is 20.3 Å². The number of nitrogens with one attached hydrogen (secondary N) is 3. The minimum atomic E-state index is -0.466. The number of carbonyl (C=O) groups is 2. The summed E-state index contributed by atoms with van der Waals surface area (Å²) in [5.41, 5.74) is 1.59. The van der Waals surface area contributed by atoms with Crippen LogP contribution in [0.4, 0.5) is 11.4 Å². The largest absolute Gasteiger partial charge is 0.494 e. The van der Waals surface area contributed by atoms with Crippen molar-refractivity contribution in [2.45, 2.75) is 19.3 Å². The molecular formula is C22H27Cl3N4O3S. The Labute approximate surface area is 215 Å². The van der Waals surface area contributed by atoms with Crippen LogP contribution in [0.5, 0.6) is 5.75 Å². The van der Waals surface area contributed by atoms with Crippen molar-refractivity contribution in [2.24, 2.45) is 0 Å². The van der Waals surface area contributed by atoms with Crippen molar-refractivity contribution >= 4 is 76.1 Å². The third-order valence-electron chi connectivity index (χ3n) is 4.38. The Hall–Kier alpha value is -2.10. The Morgan fingerprint density at radius 2 is 1.55 bits per heavy atom. The van der Waals surface area contributed by atoms with Gasteiger partial charge in [0, 0.05) is 23.4 Å². The second-order valence-corrected chi connectivity index (χ2v) is 8.49. The van der Waals surface area contributed by atoms with Crippen LogP contribution in [0.15, 0.2) is 36.4 Å². The number of anilines is 2. The lowest BCUT2D eigenvalue weighted by Crippen LogP contribution is -2.34. The molecule has 0 spiro atoms. The number of unbranched alkanes of at least 4 members (excludes halogenated alkanes) is 1. The lowest BCUT2D eigenvalue weighted by Gasteiger charge is -2.12. The van der Waals surface area contributed by atoms with Gasteiger partial charge in [-0.2, -0.15) is 0 Å². The van der Waals surface area contributed by atoms with Crippen molar-refractivity contribution in [2.75, 3.05) is 38.4 Å². The number of ether oxygens (including phenoxy) is 1. The van der Waals surface area contributed by atoms with Crippen LogP contribution in [0, 0.1) is 0 Å². The molecule has 0 heterocycles. The summed E-state index contributed by atoms with van der Waals surface area (Å²) in [6, 6.07) is 9.91. The van der Waals surface area contributed by atoms with Crippen LogP contribution < -0.4 is 20.7 Å². The highest BCUT2D eigenvalue weighted by molar-refractivity contribution is 7.80. The van der Waals surface area contributed by atoms with Crippen LogP contribution in [0.2, 0.25) is 10.0 Å². The number of hydrogen-bond acceptors (Lipinski definition) is 5. The van der Waals surface area contributed by atoms with Crippen LogP contribution >= 0.6 is 47.8 Å². The monoisotopic (exact) mass is 532 g/mol. The zero-order chi connectivity index (χ0) is 23.7. The number of benzene rings is 2. The van der Waals surface area contributed by atoms with Crippen LogP contribution in [0.25, 0.3) is 0 Å². The molecule has 2 rings (SSSR count). The maximum atomic E-state index is 12.4. The van der Waals surface area contributed by atoms with E-state index in [0.717, 1.165) is 19.4 Å². The summed E-state index contributed by atoms with van der Waals surface area (Å²) in [4.78, 5) is 26.5. The first kappa shape index (κ1) is 28.9. The first-order valence-electron chi connectivity index (χ1n) is 9.89. The van der Waals surface area contributed by atoms with Crippen LogP contribution in [0.3, 0.4) is 0 Å². The normalized spacial score (nSPS) is 10.2. The van der Waals surface area contributed by atoms with E-state index in [1.54, 1.807) is 24.3 Å². The van der Waals surface area contributed by atoms with E-state index in [0.29, 0.717) is 23.5 Å². The number of rotatable bonds is 9. The molecule has 11 heteroatoms. The second-order valence-electron chi connectivity index (χ2n) is 7.27. The highest BCUT2D eigenvalue weighted by Gasteiger charge is 2.14. The molecule has 0 aliphatic rings. The quantitative estimate of drug-likeness (QED) is 0.303. The maximum Gasteiger partial charge on any atom is 0.257 e. The summed E-state index contributed by atoms with van der Waals surface area (Å²) in [5, 5.41) is 8.91. The van der Waals surface area contributed by atoms with E-state index in [1.165, 1.54) is 19.2 Å². The van der Waals surface area contributed by atoms with Gasteiger partial charge in [-0.1, -0.05) is 23.2 Å². The lowest BCUT2D eigenvalue weighted by atomic mass is 10.2. The molecular weight excluding hydrogens is 507 g/mol. The Bertz CT molecular complexity index is 949. The van der Waals surface area contributed by atoms with Gasteiger partial charge in [-0.25, -0.2) is 0 Å². The Balaban J connectivity index is 0.00000544. The fraction of sp³-hybridized carbons (Fsp3) is 0.318. The zero-order valence-corrected chi connectivity index (χ0v) is 21.7. The molecule has 0 radical (unpaired) electrons. The topological polar surface area (TPSA) is 82.7 Å². The lowest BCUT2D eigenvalue weighted by molar-refractivity contribution is -0.116. The molecule has 0 saturated carbocycles. The Kier molecular flexibility index (Phi) is 12.5. The predicted octanol–water partition coefficient (Wildman–Crippen LogP) is 5.22. The van der Waals surface area contributed by atoms with Crippen molar-refractivity contribution in [3.05, 3.63) is 52.0 Å². The van der Waals surface area contributed by atoms with E-state index in [9.17, 15) is 9.59 Å². The molecule has 0 aliphatic carbocycles. The number of methoxy groups -OCH3 is 1. The van der Waals surface area contributed by atoms with Gasteiger partial charge in [-0.15, -0.1) is 12.4 Å². The van der Waals surface area contributed by atoms with Gasteiger partial charge in [0.1, 0.15) is 0 Å². The van der Waals surface area contributed by atoms with Gasteiger partial charge in [0.25, 0.3) is 5.91 Å². The number of amides is 2. The summed E-state index contributed by atoms with van der Waals surface area (Å²) in [7, 11) is 5.46. The van der Waals surface area contributed by atoms with Crippen LogP contribution in [-0.2, 0) is 4.79 Å². The van der Waals surface area contributed by atoms with Gasteiger partial charge in [-0.05, 0) is 82.1 Å². The first-order valence-corrected chi connectivity index (χ1v) is 11.1. The summed E-state index contributed by atoms with van der Waals surface area (Å²) >= 11 is 17.3. The van der Waals surface area contributed by atoms with E-state index >= 15 is 0 Å². The molecule has 2 aromatic carbocycles. The number of hydrogen-bond donors (Lipinski definition) is 3. The first-order chi connectivity index (χ1) is 15.2. The summed E-state index contributed by atoms with van der Waals surface area (Å²) in [6.07, 6.45) is 2.28. The molecule has 0 fully saturated rings. The third kappa shape index (κ3) is 9.73. The highest BCUT2D eigenvalue weighted by Crippen LogP contribution is 2.33. The van der Waals surface area contributed by atoms with Crippen LogP contribution in [-0.4, -0.2) is 49.6 Å². The third-order valence-corrected chi connectivity index (χ3v) is 5.14. The van der Waals surface area contributed by atoms with Crippen LogP contribution in [0.1, 0.15) is 29.6 Å². The Morgan fingerprint density at radius 3 is 2.06 bits per heavy atom. The van der Waals surface area contributed by atoms with E-state index in [1.807, 2.05) is 14.1 Å². The molecule has 0 bridgehead atoms. The molecule has 2 amide bonds. The fourth-order valence-electron chi connectivity index (χ4n) is 2.80. The number of halogens is 3. The fourth-order valence-corrected chi connectivity index (χ4v) is 3.65. The molecule has 0 aliphatic heterocycles. The average molecular weight is 534 g/mol. The van der Waals surface area contributed by atoms with Gasteiger partial charge in [0.05, 0.1) is 17.2 Å². The molecule has 180 valence electrons. The highest BCUT2D eigenvalue weighted by atomic mass is 35.5. The van der Waals surface area contributed by atoms with Gasteiger partial charge in [0.15, 0.2) is 10.9 Å². The molecule has 0 unspecified atom stereocenters. The average Bonchev–Trinajstić information content (AvgIpc) is 2.72. The minimum Gasteiger partial charge on any atom is -0.494 e. The number of carbonyl (C=O) groups excluding carboxylic acids is 2. The minimum absolute atomic E-state index is 0. The summed E-state index contributed by atoms with van der Waals surface area (Å²) in [5.74, 6) is -0.192. The molecule has 0 saturated heterocycles. The van der Waals surface area contributed by atoms with Gasteiger partial charge in [0.2, 0.25) is 5.91 Å². The summed E-state index contributed by atoms with van der Waals surface area (Å²) < 4.78 is 5.08. The molecule has 0 atom stereocenters. The van der Waals surface area contributed by atoms with Crippen molar-refractivity contribution in [1.29, 1.82) is 0 Å². The molecule has 2 aromatic rings. The smallest absolute Gasteiger partial charge is 0.257 e. The maximum absolute atomic E-state index is 12.4. The zero-order valence-electron chi connectivity index (χ0n) is 18.5. The standard InChI is InChI=1S/C22H26Cl2N4O3S.ClH/c1-28(2)11-5-4-6-19(29)25-15-7-9-16(10-8-15)26-22(32)27-21(30)14-12-17(23)20(31-3)18(24)13-14;/h7-10,12-13H,4-6,11H2,1-3H3,(H,25,29)(H2,26,27,30,32);1H. The van der Waals surface area contributed by atoms with E-state index in [-0.39, 0.29) is 39.0 Å². The molecule has 7 nitrogen and oxygen atoms in total. The number of thiocarbonyl (C=S) groups is 1. The molecule has 33 heavy (non-hydrogen) atoms. The summed E-state index contributed by atoms with van der Waals surface area (Å²) in [6.45, 7) is 0.961. The second kappa shape index (κ2) is 14.2. The van der Waals surface area contributed by atoms with E-state index in [2.05, 4.69) is 20.9 Å². The van der Waals surface area contributed by atoms with Gasteiger partial charge >= 0.3 is 0 Å². The predicted molar refractivity (Wildman–Crippen MR) is 141 cm³/mol. The van der Waals surface area contributed by atoms with Crippen molar-refractivity contribution in [3.63, 3.8) is 0 Å². The van der Waals surface area contributed by atoms with Crippen molar-refractivity contribution in [1.82, 2.24) is 10.2 Å². The number of nitrogens with zero attached hydrogens (tertiary/aromatic N) is 1. The molecule has 3 N–H and O–H groups in total. The van der Waals surface area contributed by atoms with Crippen molar-refractivity contribution in [3.8, 4) is 5.75 Å². The van der Waals surface area contributed by atoms with Gasteiger partial charge in [-0.3, -0.25) is 14.9 Å². The Morgan fingerprint density at radius 1 is 1.00 bits per heavy atom. The SMILES string of the molecule is COc1c(Cl)cc(C(=O)NC(=S)Nc2ccc(NC(=O)CCCCN(C)C)cc2)cc1Cl.Cl. The van der Waals surface area contributed by atoms with E-state index < -0.39 is 5.91 Å².